The minimum atomic E-state index is -0.141. The van der Waals surface area contributed by atoms with Crippen LogP contribution in [0.1, 0.15) is 31.4 Å². The first-order valence-electron chi connectivity index (χ1n) is 6.23. The van der Waals surface area contributed by atoms with Crippen molar-refractivity contribution in [2.24, 2.45) is 0 Å². The van der Waals surface area contributed by atoms with Crippen molar-refractivity contribution in [2.45, 2.75) is 33.6 Å². The third-order valence-corrected chi connectivity index (χ3v) is 2.97. The molecule has 1 aromatic rings. The molecule has 18 heavy (non-hydrogen) atoms. The minimum absolute atomic E-state index is 0.141. The molecule has 0 spiro atoms. The van der Waals surface area contributed by atoms with Gasteiger partial charge in [-0.25, -0.2) is 4.39 Å². The third-order valence-electron chi connectivity index (χ3n) is 2.97. The summed E-state index contributed by atoms with van der Waals surface area (Å²) in [5.74, 6) is -0.141. The molecular formula is C17H21F. The van der Waals surface area contributed by atoms with Crippen LogP contribution in [0.5, 0.6) is 0 Å². The first-order chi connectivity index (χ1) is 8.49. The fourth-order valence-electron chi connectivity index (χ4n) is 1.50. The number of halogens is 1. The summed E-state index contributed by atoms with van der Waals surface area (Å²) >= 11 is 0. The van der Waals surface area contributed by atoms with E-state index in [1.807, 2.05) is 6.08 Å². The van der Waals surface area contributed by atoms with Crippen molar-refractivity contribution in [3.8, 4) is 0 Å². The Morgan fingerprint density at radius 1 is 1.17 bits per heavy atom. The maximum absolute atomic E-state index is 12.8. The van der Waals surface area contributed by atoms with Gasteiger partial charge in [-0.3, -0.25) is 0 Å². The minimum Gasteiger partial charge on any atom is -0.212 e. The highest BCUT2D eigenvalue weighted by Gasteiger charge is 1.95. The van der Waals surface area contributed by atoms with E-state index in [4.69, 9.17) is 0 Å². The molecule has 0 N–H and O–H groups in total. The number of benzene rings is 1. The Balaban J connectivity index is 2.47. The third kappa shape index (κ3) is 5.13. The van der Waals surface area contributed by atoms with Gasteiger partial charge in [0, 0.05) is 0 Å². The molecule has 0 nitrogen and oxygen atoms in total. The van der Waals surface area contributed by atoms with E-state index < -0.39 is 0 Å². The molecule has 0 aromatic heterocycles. The molecule has 0 atom stereocenters. The number of hydrogen-bond acceptors (Lipinski definition) is 0. The molecule has 0 radical (unpaired) electrons. The van der Waals surface area contributed by atoms with Crippen molar-refractivity contribution >= 4 is 0 Å². The van der Waals surface area contributed by atoms with Gasteiger partial charge in [0.15, 0.2) is 0 Å². The SMILES string of the molecule is C=C(/C=C\C(C)=C(/C)F)CCc1ccc(C)cc1. The molecule has 0 saturated carbocycles. The molecular weight excluding hydrogens is 223 g/mol. The van der Waals surface area contributed by atoms with Crippen molar-refractivity contribution in [3.63, 3.8) is 0 Å². The summed E-state index contributed by atoms with van der Waals surface area (Å²) in [6, 6.07) is 8.52. The predicted octanol–water partition coefficient (Wildman–Crippen LogP) is 5.30. The second-order valence-corrected chi connectivity index (χ2v) is 4.69. The summed E-state index contributed by atoms with van der Waals surface area (Å²) < 4.78 is 12.8. The lowest BCUT2D eigenvalue weighted by atomic mass is 10.0. The summed E-state index contributed by atoms with van der Waals surface area (Å²) in [4.78, 5) is 0. The fourth-order valence-corrected chi connectivity index (χ4v) is 1.50. The zero-order valence-electron chi connectivity index (χ0n) is 11.5. The topological polar surface area (TPSA) is 0 Å². The molecule has 0 fully saturated rings. The number of allylic oxidation sites excluding steroid dienone is 5. The van der Waals surface area contributed by atoms with E-state index in [0.717, 1.165) is 18.4 Å². The molecule has 0 saturated heterocycles. The van der Waals surface area contributed by atoms with Gasteiger partial charge in [0.1, 0.15) is 0 Å². The van der Waals surface area contributed by atoms with Gasteiger partial charge in [0.05, 0.1) is 5.83 Å². The Hall–Kier alpha value is -1.63. The Morgan fingerprint density at radius 3 is 2.33 bits per heavy atom. The highest BCUT2D eigenvalue weighted by Crippen LogP contribution is 2.12. The Kier molecular flexibility index (Phi) is 5.57. The van der Waals surface area contributed by atoms with Crippen molar-refractivity contribution in [1.82, 2.24) is 0 Å². The molecule has 1 rings (SSSR count). The summed E-state index contributed by atoms with van der Waals surface area (Å²) in [6.45, 7) is 9.30. The van der Waals surface area contributed by atoms with Crippen molar-refractivity contribution in [1.29, 1.82) is 0 Å². The van der Waals surface area contributed by atoms with Crippen LogP contribution in [-0.4, -0.2) is 0 Å². The monoisotopic (exact) mass is 244 g/mol. The molecule has 1 heteroatoms. The highest BCUT2D eigenvalue weighted by atomic mass is 19.1. The predicted molar refractivity (Wildman–Crippen MR) is 77.3 cm³/mol. The Bertz CT molecular complexity index is 457. The molecule has 0 bridgehead atoms. The molecule has 0 unspecified atom stereocenters. The summed E-state index contributed by atoms with van der Waals surface area (Å²) in [5, 5.41) is 0. The van der Waals surface area contributed by atoms with Crippen LogP contribution in [0.25, 0.3) is 0 Å². The van der Waals surface area contributed by atoms with Crippen LogP contribution >= 0.6 is 0 Å². The van der Waals surface area contributed by atoms with E-state index in [0.29, 0.717) is 5.57 Å². The average Bonchev–Trinajstić information content (AvgIpc) is 2.35. The van der Waals surface area contributed by atoms with Crippen LogP contribution in [0, 0.1) is 6.92 Å². The quantitative estimate of drug-likeness (QED) is 0.616. The molecule has 0 aliphatic heterocycles. The van der Waals surface area contributed by atoms with Crippen LogP contribution in [0.15, 0.2) is 60.0 Å². The highest BCUT2D eigenvalue weighted by molar-refractivity contribution is 5.28. The molecule has 0 aliphatic carbocycles. The van der Waals surface area contributed by atoms with Gasteiger partial charge in [-0.2, -0.15) is 0 Å². The fraction of sp³-hybridized carbons (Fsp3) is 0.294. The van der Waals surface area contributed by atoms with Gasteiger partial charge < -0.3 is 0 Å². The molecule has 1 aromatic carbocycles. The summed E-state index contributed by atoms with van der Waals surface area (Å²) in [7, 11) is 0. The Labute approximate surface area is 110 Å². The van der Waals surface area contributed by atoms with Gasteiger partial charge in [-0.1, -0.05) is 54.1 Å². The van der Waals surface area contributed by atoms with Crippen LogP contribution < -0.4 is 0 Å². The average molecular weight is 244 g/mol. The first-order valence-corrected chi connectivity index (χ1v) is 6.23. The normalized spacial score (nSPS) is 12.7. The second kappa shape index (κ2) is 6.95. The van der Waals surface area contributed by atoms with E-state index in [9.17, 15) is 4.39 Å². The van der Waals surface area contributed by atoms with E-state index in [2.05, 4.69) is 37.8 Å². The van der Waals surface area contributed by atoms with Crippen LogP contribution in [-0.2, 0) is 6.42 Å². The van der Waals surface area contributed by atoms with Crippen LogP contribution in [0.4, 0.5) is 4.39 Å². The number of hydrogen-bond donors (Lipinski definition) is 0. The van der Waals surface area contributed by atoms with Gasteiger partial charge >= 0.3 is 0 Å². The van der Waals surface area contributed by atoms with E-state index in [1.54, 1.807) is 13.0 Å². The number of aryl methyl sites for hydroxylation is 2. The first kappa shape index (κ1) is 14.4. The lowest BCUT2D eigenvalue weighted by Crippen LogP contribution is -1.87. The molecule has 0 aliphatic rings. The molecule has 0 heterocycles. The second-order valence-electron chi connectivity index (χ2n) is 4.69. The lowest BCUT2D eigenvalue weighted by Gasteiger charge is -2.02. The summed E-state index contributed by atoms with van der Waals surface area (Å²) in [5.41, 5.74) is 4.27. The van der Waals surface area contributed by atoms with Gasteiger partial charge in [0.25, 0.3) is 0 Å². The lowest BCUT2D eigenvalue weighted by molar-refractivity contribution is 0.631. The van der Waals surface area contributed by atoms with Crippen molar-refractivity contribution < 1.29 is 4.39 Å². The van der Waals surface area contributed by atoms with Gasteiger partial charge in [-0.15, -0.1) is 0 Å². The maximum Gasteiger partial charge on any atom is 0.0997 e. The molecule has 0 amide bonds. The zero-order valence-corrected chi connectivity index (χ0v) is 11.5. The van der Waals surface area contributed by atoms with Gasteiger partial charge in [0.2, 0.25) is 0 Å². The van der Waals surface area contributed by atoms with Crippen molar-refractivity contribution in [3.05, 3.63) is 71.1 Å². The van der Waals surface area contributed by atoms with Crippen LogP contribution in [0.2, 0.25) is 0 Å². The van der Waals surface area contributed by atoms with Crippen molar-refractivity contribution in [2.75, 3.05) is 0 Å². The van der Waals surface area contributed by atoms with E-state index in [1.165, 1.54) is 18.1 Å². The maximum atomic E-state index is 12.8. The standard InChI is InChI=1S/C17H21F/c1-13(5-9-15(3)16(4)18)6-10-17-11-7-14(2)8-12-17/h5,7-9,11-12H,1,6,10H2,2-4H3/b9-5-,16-15+. The smallest absolute Gasteiger partial charge is 0.0997 e. The summed E-state index contributed by atoms with van der Waals surface area (Å²) in [6.07, 6.45) is 5.55. The van der Waals surface area contributed by atoms with Gasteiger partial charge in [-0.05, 0) is 44.7 Å². The molecule has 96 valence electrons. The Morgan fingerprint density at radius 2 is 1.78 bits per heavy atom. The number of rotatable bonds is 5. The largest absolute Gasteiger partial charge is 0.212 e. The zero-order chi connectivity index (χ0) is 13.5. The van der Waals surface area contributed by atoms with E-state index >= 15 is 0 Å². The van der Waals surface area contributed by atoms with Crippen LogP contribution in [0.3, 0.4) is 0 Å². The van der Waals surface area contributed by atoms with E-state index in [-0.39, 0.29) is 5.83 Å².